The molecule has 0 fully saturated rings. The maximum absolute atomic E-state index is 12.0. The van der Waals surface area contributed by atoms with Gasteiger partial charge in [0.2, 0.25) is 0 Å². The molecular weight excluding hydrogens is 264 g/mol. The Balaban J connectivity index is 2.19. The number of carbonyl (C=O) groups excluding carboxylic acids is 1. The smallest absolute Gasteiger partial charge is 0.255 e. The van der Waals surface area contributed by atoms with Crippen LogP contribution >= 0.6 is 0 Å². The first-order valence-corrected chi connectivity index (χ1v) is 7.59. The normalized spacial score (nSPS) is 18.0. The molecule has 0 aliphatic carbocycles. The van der Waals surface area contributed by atoms with Gasteiger partial charge in [-0.2, -0.15) is 0 Å². The topological polar surface area (TPSA) is 64.4 Å². The summed E-state index contributed by atoms with van der Waals surface area (Å²) in [6, 6.07) is 5.63. The van der Waals surface area contributed by atoms with Gasteiger partial charge in [0.05, 0.1) is 12.1 Å². The van der Waals surface area contributed by atoms with E-state index < -0.39 is 0 Å². The molecule has 21 heavy (non-hydrogen) atoms. The van der Waals surface area contributed by atoms with Crippen LogP contribution < -0.4 is 15.8 Å². The van der Waals surface area contributed by atoms with E-state index in [0.717, 1.165) is 12.0 Å². The fourth-order valence-corrected chi connectivity index (χ4v) is 2.37. The van der Waals surface area contributed by atoms with E-state index in [2.05, 4.69) is 33.0 Å². The van der Waals surface area contributed by atoms with E-state index in [1.165, 1.54) is 0 Å². The SMILES string of the molecule is CC(CC(N)c1ccc2c(c1)C(=O)NCCO2)C(C)(C)C. The van der Waals surface area contributed by atoms with E-state index in [4.69, 9.17) is 10.5 Å². The molecule has 1 aliphatic heterocycles. The third kappa shape index (κ3) is 3.76. The summed E-state index contributed by atoms with van der Waals surface area (Å²) in [5.41, 5.74) is 8.14. The van der Waals surface area contributed by atoms with Gasteiger partial charge in [0, 0.05) is 6.04 Å². The van der Waals surface area contributed by atoms with E-state index >= 15 is 0 Å². The number of ether oxygens (including phenoxy) is 1. The molecule has 0 bridgehead atoms. The summed E-state index contributed by atoms with van der Waals surface area (Å²) in [5.74, 6) is 1.06. The molecule has 2 unspecified atom stereocenters. The Kier molecular flexibility index (Phi) is 4.57. The van der Waals surface area contributed by atoms with Gasteiger partial charge in [0.15, 0.2) is 0 Å². The zero-order chi connectivity index (χ0) is 15.6. The first kappa shape index (κ1) is 15.8. The summed E-state index contributed by atoms with van der Waals surface area (Å²) in [6.45, 7) is 9.94. The van der Waals surface area contributed by atoms with Crippen LogP contribution in [0.2, 0.25) is 0 Å². The Morgan fingerprint density at radius 2 is 2.10 bits per heavy atom. The average Bonchev–Trinajstić information content (AvgIpc) is 2.59. The lowest BCUT2D eigenvalue weighted by atomic mass is 9.77. The number of carbonyl (C=O) groups is 1. The van der Waals surface area contributed by atoms with Crippen LogP contribution in [0.3, 0.4) is 0 Å². The lowest BCUT2D eigenvalue weighted by Gasteiger charge is -2.29. The highest BCUT2D eigenvalue weighted by Crippen LogP contribution is 2.33. The van der Waals surface area contributed by atoms with Gasteiger partial charge in [-0.1, -0.05) is 33.8 Å². The van der Waals surface area contributed by atoms with E-state index in [1.807, 2.05) is 18.2 Å². The largest absolute Gasteiger partial charge is 0.491 e. The Morgan fingerprint density at radius 1 is 1.38 bits per heavy atom. The molecule has 4 nitrogen and oxygen atoms in total. The number of fused-ring (bicyclic) bond motifs is 1. The summed E-state index contributed by atoms with van der Waals surface area (Å²) in [6.07, 6.45) is 0.894. The summed E-state index contributed by atoms with van der Waals surface area (Å²) < 4.78 is 5.56. The van der Waals surface area contributed by atoms with Crippen LogP contribution in [0.25, 0.3) is 0 Å². The maximum Gasteiger partial charge on any atom is 0.255 e. The van der Waals surface area contributed by atoms with Crippen LogP contribution in [0.5, 0.6) is 5.75 Å². The van der Waals surface area contributed by atoms with Crippen molar-refractivity contribution in [3.63, 3.8) is 0 Å². The van der Waals surface area contributed by atoms with Crippen LogP contribution in [-0.2, 0) is 0 Å². The molecule has 1 amide bonds. The zero-order valence-corrected chi connectivity index (χ0v) is 13.4. The minimum Gasteiger partial charge on any atom is -0.491 e. The van der Waals surface area contributed by atoms with E-state index in [-0.39, 0.29) is 17.4 Å². The van der Waals surface area contributed by atoms with Gasteiger partial charge in [-0.05, 0) is 35.4 Å². The predicted molar refractivity (Wildman–Crippen MR) is 84.4 cm³/mol. The molecule has 0 aromatic heterocycles. The lowest BCUT2D eigenvalue weighted by molar-refractivity contribution is 0.0957. The standard InChI is InChI=1S/C17H26N2O2/c1-11(17(2,3)4)9-14(18)12-5-6-15-13(10-12)16(20)19-7-8-21-15/h5-6,10-11,14H,7-9,18H2,1-4H3,(H,19,20). The summed E-state index contributed by atoms with van der Waals surface area (Å²) in [5, 5.41) is 2.83. The molecule has 1 heterocycles. The van der Waals surface area contributed by atoms with Crippen LogP contribution in [0.15, 0.2) is 18.2 Å². The Labute approximate surface area is 127 Å². The molecule has 3 N–H and O–H groups in total. The van der Waals surface area contributed by atoms with Crippen LogP contribution in [-0.4, -0.2) is 19.1 Å². The van der Waals surface area contributed by atoms with Crippen molar-refractivity contribution in [1.82, 2.24) is 5.32 Å². The van der Waals surface area contributed by atoms with E-state index in [0.29, 0.717) is 30.4 Å². The second-order valence-corrected chi connectivity index (χ2v) is 6.97. The second kappa shape index (κ2) is 6.06. The third-order valence-corrected chi connectivity index (χ3v) is 4.41. The quantitative estimate of drug-likeness (QED) is 0.899. The van der Waals surface area contributed by atoms with Crippen LogP contribution in [0.1, 0.15) is 56.1 Å². The van der Waals surface area contributed by atoms with E-state index in [9.17, 15) is 4.79 Å². The first-order chi connectivity index (χ1) is 9.79. The molecule has 0 spiro atoms. The van der Waals surface area contributed by atoms with Gasteiger partial charge >= 0.3 is 0 Å². The number of nitrogens with one attached hydrogen (secondary N) is 1. The molecule has 1 aromatic rings. The second-order valence-electron chi connectivity index (χ2n) is 6.97. The van der Waals surface area contributed by atoms with Crippen molar-refractivity contribution >= 4 is 5.91 Å². The maximum atomic E-state index is 12.0. The molecule has 2 rings (SSSR count). The average molecular weight is 290 g/mol. The number of amides is 1. The molecule has 1 aliphatic rings. The first-order valence-electron chi connectivity index (χ1n) is 7.59. The third-order valence-electron chi connectivity index (χ3n) is 4.41. The Bertz CT molecular complexity index is 520. The van der Waals surface area contributed by atoms with Crippen molar-refractivity contribution in [2.45, 2.75) is 40.2 Å². The Morgan fingerprint density at radius 3 is 2.76 bits per heavy atom. The molecular formula is C17H26N2O2. The Hall–Kier alpha value is -1.55. The fourth-order valence-electron chi connectivity index (χ4n) is 2.37. The highest BCUT2D eigenvalue weighted by molar-refractivity contribution is 5.97. The van der Waals surface area contributed by atoms with Gasteiger partial charge in [0.25, 0.3) is 5.91 Å². The van der Waals surface area contributed by atoms with Crippen molar-refractivity contribution in [2.75, 3.05) is 13.2 Å². The van der Waals surface area contributed by atoms with Crippen molar-refractivity contribution in [3.8, 4) is 5.75 Å². The van der Waals surface area contributed by atoms with Gasteiger partial charge in [-0.3, -0.25) is 4.79 Å². The van der Waals surface area contributed by atoms with Gasteiger partial charge in [-0.15, -0.1) is 0 Å². The van der Waals surface area contributed by atoms with Crippen molar-refractivity contribution < 1.29 is 9.53 Å². The van der Waals surface area contributed by atoms with E-state index in [1.54, 1.807) is 0 Å². The highest BCUT2D eigenvalue weighted by Gasteiger charge is 2.24. The van der Waals surface area contributed by atoms with Crippen molar-refractivity contribution in [3.05, 3.63) is 29.3 Å². The molecule has 0 saturated heterocycles. The van der Waals surface area contributed by atoms with Gasteiger partial charge < -0.3 is 15.8 Å². The predicted octanol–water partition coefficient (Wildman–Crippen LogP) is 2.88. The minimum absolute atomic E-state index is 0.0689. The highest BCUT2D eigenvalue weighted by atomic mass is 16.5. The van der Waals surface area contributed by atoms with Gasteiger partial charge in [0.1, 0.15) is 12.4 Å². The summed E-state index contributed by atoms with van der Waals surface area (Å²) in [7, 11) is 0. The molecule has 0 saturated carbocycles. The van der Waals surface area contributed by atoms with Crippen molar-refractivity contribution in [1.29, 1.82) is 0 Å². The molecule has 4 heteroatoms. The minimum atomic E-state index is -0.0829. The molecule has 116 valence electrons. The van der Waals surface area contributed by atoms with Crippen LogP contribution in [0.4, 0.5) is 0 Å². The van der Waals surface area contributed by atoms with Crippen molar-refractivity contribution in [2.24, 2.45) is 17.1 Å². The molecule has 2 atom stereocenters. The number of hydrogen-bond donors (Lipinski definition) is 2. The summed E-state index contributed by atoms with van der Waals surface area (Å²) >= 11 is 0. The monoisotopic (exact) mass is 290 g/mol. The van der Waals surface area contributed by atoms with Crippen LogP contribution in [0, 0.1) is 11.3 Å². The van der Waals surface area contributed by atoms with Gasteiger partial charge in [-0.25, -0.2) is 0 Å². The number of benzene rings is 1. The number of rotatable bonds is 3. The molecule has 1 aromatic carbocycles. The lowest BCUT2D eigenvalue weighted by Crippen LogP contribution is -2.25. The number of nitrogens with two attached hydrogens (primary N) is 1. The number of hydrogen-bond acceptors (Lipinski definition) is 3. The fraction of sp³-hybridized carbons (Fsp3) is 0.588. The molecule has 0 radical (unpaired) electrons. The zero-order valence-electron chi connectivity index (χ0n) is 13.4. The summed E-state index contributed by atoms with van der Waals surface area (Å²) in [4.78, 5) is 12.0.